The van der Waals surface area contributed by atoms with Crippen LogP contribution in [0.2, 0.25) is 0 Å². The van der Waals surface area contributed by atoms with Gasteiger partial charge in [-0.3, -0.25) is 4.79 Å². The normalized spacial score (nSPS) is 13.1. The van der Waals surface area contributed by atoms with Gasteiger partial charge in [-0.15, -0.1) is 10.2 Å². The number of para-hydroxylation sites is 1. The molecule has 1 amide bonds. The van der Waals surface area contributed by atoms with Gasteiger partial charge in [-0.2, -0.15) is 5.26 Å². The Labute approximate surface area is 156 Å². The number of nitrogen functional groups attached to an aromatic ring is 1. The van der Waals surface area contributed by atoms with E-state index in [2.05, 4.69) is 21.6 Å². The maximum absolute atomic E-state index is 12.2. The van der Waals surface area contributed by atoms with E-state index in [1.165, 1.54) is 4.68 Å². The van der Waals surface area contributed by atoms with E-state index in [-0.39, 0.29) is 17.6 Å². The number of ether oxygens (including phenoxy) is 1. The number of aromatic nitrogens is 3. The molecule has 0 spiro atoms. The van der Waals surface area contributed by atoms with E-state index < -0.39 is 5.54 Å². The van der Waals surface area contributed by atoms with Crippen molar-refractivity contribution in [2.45, 2.75) is 31.5 Å². The summed E-state index contributed by atoms with van der Waals surface area (Å²) in [6.45, 7) is 5.46. The van der Waals surface area contributed by atoms with Gasteiger partial charge in [-0.25, -0.2) is 4.68 Å². The molecule has 0 aliphatic carbocycles. The van der Waals surface area contributed by atoms with Crippen molar-refractivity contribution in [3.8, 4) is 23.2 Å². The molecule has 0 bridgehead atoms. The molecule has 9 heteroatoms. The Hall–Kier alpha value is -2.73. The van der Waals surface area contributed by atoms with Crippen molar-refractivity contribution in [3.05, 3.63) is 24.3 Å². The van der Waals surface area contributed by atoms with Crippen LogP contribution in [-0.2, 0) is 4.79 Å². The van der Waals surface area contributed by atoms with Gasteiger partial charge in [-0.1, -0.05) is 37.7 Å². The van der Waals surface area contributed by atoms with Gasteiger partial charge in [0.2, 0.25) is 11.1 Å². The number of nitrogens with two attached hydrogens (primary N) is 1. The minimum Gasteiger partial charge on any atom is -0.496 e. The van der Waals surface area contributed by atoms with E-state index in [0.29, 0.717) is 22.3 Å². The fraction of sp³-hybridized carbons (Fsp3) is 0.412. The number of thioether (sulfide) groups is 1. The third-order valence-electron chi connectivity index (χ3n) is 4.13. The van der Waals surface area contributed by atoms with Crippen LogP contribution in [0.1, 0.15) is 20.8 Å². The molecule has 1 atom stereocenters. The number of carbonyl (C=O) groups excluding carboxylic acids is 1. The number of nitrogens with zero attached hydrogens (tertiary/aromatic N) is 4. The zero-order valence-corrected chi connectivity index (χ0v) is 16.0. The van der Waals surface area contributed by atoms with Gasteiger partial charge >= 0.3 is 0 Å². The van der Waals surface area contributed by atoms with Crippen LogP contribution in [0.5, 0.6) is 5.75 Å². The van der Waals surface area contributed by atoms with Gasteiger partial charge in [0.05, 0.1) is 24.5 Å². The molecule has 26 heavy (non-hydrogen) atoms. The lowest BCUT2D eigenvalue weighted by atomic mass is 9.90. The fourth-order valence-corrected chi connectivity index (χ4v) is 2.80. The van der Waals surface area contributed by atoms with E-state index in [1.54, 1.807) is 20.1 Å². The Balaban J connectivity index is 2.10. The highest BCUT2D eigenvalue weighted by Gasteiger charge is 2.30. The summed E-state index contributed by atoms with van der Waals surface area (Å²) in [5.41, 5.74) is -0.213. The zero-order valence-electron chi connectivity index (χ0n) is 15.2. The second kappa shape index (κ2) is 8.10. The second-order valence-corrected chi connectivity index (χ2v) is 7.12. The Bertz CT molecular complexity index is 829. The number of hydrogen-bond acceptors (Lipinski definition) is 7. The van der Waals surface area contributed by atoms with Gasteiger partial charge in [0, 0.05) is 0 Å². The zero-order chi connectivity index (χ0) is 19.3. The summed E-state index contributed by atoms with van der Waals surface area (Å²) in [5.74, 6) is 6.93. The number of benzene rings is 1. The van der Waals surface area contributed by atoms with Crippen LogP contribution >= 0.6 is 11.8 Å². The molecule has 0 fully saturated rings. The molecular formula is C17H22N6O2S. The molecule has 1 aromatic heterocycles. The monoisotopic (exact) mass is 374 g/mol. The van der Waals surface area contributed by atoms with Crippen molar-refractivity contribution in [2.24, 2.45) is 5.92 Å². The summed E-state index contributed by atoms with van der Waals surface area (Å²) in [6.07, 6.45) is 0. The second-order valence-electron chi connectivity index (χ2n) is 6.18. The first-order valence-corrected chi connectivity index (χ1v) is 9.00. The number of amides is 1. The quantitative estimate of drug-likeness (QED) is 0.560. The Morgan fingerprint density at radius 3 is 2.77 bits per heavy atom. The topological polar surface area (TPSA) is 119 Å². The van der Waals surface area contributed by atoms with Crippen LogP contribution in [-0.4, -0.2) is 39.2 Å². The van der Waals surface area contributed by atoms with Gasteiger partial charge in [-0.05, 0) is 25.0 Å². The van der Waals surface area contributed by atoms with Gasteiger partial charge in [0.1, 0.15) is 11.3 Å². The Morgan fingerprint density at radius 2 is 2.15 bits per heavy atom. The SMILES string of the molecule is COc1ccccc1-c1nnc(SCC(=O)N[C@@](C)(C#N)C(C)C)n1N. The molecule has 0 saturated carbocycles. The summed E-state index contributed by atoms with van der Waals surface area (Å²) >= 11 is 1.15. The molecular weight excluding hydrogens is 352 g/mol. The first-order valence-electron chi connectivity index (χ1n) is 8.01. The van der Waals surface area contributed by atoms with Crippen LogP contribution in [0.4, 0.5) is 0 Å². The Morgan fingerprint density at radius 1 is 1.46 bits per heavy atom. The van der Waals surface area contributed by atoms with E-state index in [4.69, 9.17) is 10.6 Å². The number of carbonyl (C=O) groups is 1. The third kappa shape index (κ3) is 4.08. The van der Waals surface area contributed by atoms with Crippen molar-refractivity contribution in [2.75, 3.05) is 18.7 Å². The minimum absolute atomic E-state index is 0.0169. The van der Waals surface area contributed by atoms with Crippen molar-refractivity contribution < 1.29 is 9.53 Å². The van der Waals surface area contributed by atoms with Crippen molar-refractivity contribution in [1.82, 2.24) is 20.2 Å². The smallest absolute Gasteiger partial charge is 0.231 e. The summed E-state index contributed by atoms with van der Waals surface area (Å²) in [4.78, 5) is 12.2. The fourth-order valence-electron chi connectivity index (χ4n) is 2.15. The summed E-state index contributed by atoms with van der Waals surface area (Å²) < 4.78 is 6.63. The maximum atomic E-state index is 12.2. The molecule has 138 valence electrons. The Kier molecular flexibility index (Phi) is 6.10. The van der Waals surface area contributed by atoms with Gasteiger partial charge in [0.25, 0.3) is 0 Å². The first-order chi connectivity index (χ1) is 12.3. The molecule has 8 nitrogen and oxygen atoms in total. The number of hydrogen-bond donors (Lipinski definition) is 2. The number of nitriles is 1. The lowest BCUT2D eigenvalue weighted by molar-refractivity contribution is -0.120. The highest BCUT2D eigenvalue weighted by atomic mass is 32.2. The minimum atomic E-state index is -0.920. The van der Waals surface area contributed by atoms with Crippen molar-refractivity contribution in [3.63, 3.8) is 0 Å². The molecule has 2 aromatic rings. The molecule has 0 radical (unpaired) electrons. The van der Waals surface area contributed by atoms with Crippen LogP contribution in [0.25, 0.3) is 11.4 Å². The van der Waals surface area contributed by atoms with Gasteiger partial charge < -0.3 is 15.9 Å². The van der Waals surface area contributed by atoms with Crippen LogP contribution < -0.4 is 15.9 Å². The molecule has 0 saturated heterocycles. The van der Waals surface area contributed by atoms with E-state index in [1.807, 2.05) is 32.0 Å². The molecule has 0 aliphatic rings. The highest BCUT2D eigenvalue weighted by Crippen LogP contribution is 2.29. The number of rotatable bonds is 7. The molecule has 1 aromatic carbocycles. The third-order valence-corrected chi connectivity index (χ3v) is 5.07. The van der Waals surface area contributed by atoms with Gasteiger partial charge in [0.15, 0.2) is 5.82 Å². The highest BCUT2D eigenvalue weighted by molar-refractivity contribution is 7.99. The van der Waals surface area contributed by atoms with E-state index in [9.17, 15) is 10.1 Å². The largest absolute Gasteiger partial charge is 0.496 e. The summed E-state index contributed by atoms with van der Waals surface area (Å²) in [7, 11) is 1.57. The maximum Gasteiger partial charge on any atom is 0.231 e. The molecule has 0 unspecified atom stereocenters. The van der Waals surface area contributed by atoms with E-state index in [0.717, 1.165) is 11.8 Å². The number of methoxy groups -OCH3 is 1. The average Bonchev–Trinajstić information content (AvgIpc) is 3.00. The predicted octanol–water partition coefficient (Wildman–Crippen LogP) is 1.81. The average molecular weight is 374 g/mol. The van der Waals surface area contributed by atoms with Crippen LogP contribution in [0, 0.1) is 17.2 Å². The lowest BCUT2D eigenvalue weighted by Gasteiger charge is -2.27. The summed E-state index contributed by atoms with van der Waals surface area (Å²) in [5, 5.41) is 20.6. The van der Waals surface area contributed by atoms with Crippen LogP contribution in [0.15, 0.2) is 29.4 Å². The molecule has 0 aliphatic heterocycles. The molecule has 1 heterocycles. The van der Waals surface area contributed by atoms with Crippen molar-refractivity contribution >= 4 is 17.7 Å². The van der Waals surface area contributed by atoms with Crippen molar-refractivity contribution in [1.29, 1.82) is 5.26 Å². The van der Waals surface area contributed by atoms with Crippen LogP contribution in [0.3, 0.4) is 0 Å². The molecule has 3 N–H and O–H groups in total. The number of nitrogens with one attached hydrogen (secondary N) is 1. The standard InChI is InChI=1S/C17H22N6O2S/c1-11(2)17(3,10-18)20-14(24)9-26-16-22-21-15(23(16)19)12-7-5-6-8-13(12)25-4/h5-8,11H,9,19H2,1-4H3,(H,20,24)/t17-/m0/s1. The first kappa shape index (κ1) is 19.6. The predicted molar refractivity (Wildman–Crippen MR) is 99.9 cm³/mol. The summed E-state index contributed by atoms with van der Waals surface area (Å²) in [6, 6.07) is 9.47. The lowest BCUT2D eigenvalue weighted by Crippen LogP contribution is -2.49. The molecule has 2 rings (SSSR count). The van der Waals surface area contributed by atoms with E-state index >= 15 is 0 Å².